The van der Waals surface area contributed by atoms with Crippen LogP contribution in [0, 0.1) is 46.3 Å². The fourth-order valence-electron chi connectivity index (χ4n) is 9.24. The molecule has 0 radical (unpaired) electrons. The summed E-state index contributed by atoms with van der Waals surface area (Å²) in [6.07, 6.45) is 10.5. The van der Waals surface area contributed by atoms with Crippen molar-refractivity contribution < 1.29 is 30.1 Å². The minimum absolute atomic E-state index is 0.142. The zero-order valence-corrected chi connectivity index (χ0v) is 21.9. The highest BCUT2D eigenvalue weighted by molar-refractivity contribution is 7.85. The molecule has 0 unspecified atom stereocenters. The largest absolute Gasteiger partial charge is 0.397 e. The maximum Gasteiger partial charge on any atom is 0.397 e. The Labute approximate surface area is 200 Å². The first kappa shape index (κ1) is 25.9. The van der Waals surface area contributed by atoms with Crippen LogP contribution >= 0.6 is 0 Å². The molecule has 0 bridgehead atoms. The van der Waals surface area contributed by atoms with Gasteiger partial charge in [-0.15, -0.1) is 0 Å². The lowest BCUT2D eigenvalue weighted by atomic mass is 9.44. The van der Waals surface area contributed by atoms with Crippen LogP contribution in [0.3, 0.4) is 0 Å². The van der Waals surface area contributed by atoms with Gasteiger partial charge >= 0.3 is 10.4 Å². The molecule has 0 spiro atoms. The third-order valence-corrected chi connectivity index (χ3v) is 12.0. The van der Waals surface area contributed by atoms with E-state index in [1.807, 2.05) is 0 Å². The fraction of sp³-hybridized carbons (Fsp3) is 1.00. The Morgan fingerprint density at radius 3 is 2.24 bits per heavy atom. The topological polar surface area (TPSA) is 118 Å². The van der Waals surface area contributed by atoms with Gasteiger partial charge in [-0.25, -0.2) is 4.18 Å². The summed E-state index contributed by atoms with van der Waals surface area (Å²) in [4.78, 5) is 0. The van der Waals surface area contributed by atoms with Gasteiger partial charge in [-0.3, -0.25) is 9.11 Å². The van der Waals surface area contributed by atoms with Gasteiger partial charge in [-0.2, -0.15) is 16.8 Å². The van der Waals surface area contributed by atoms with Crippen LogP contribution in [0.1, 0.15) is 91.4 Å². The minimum atomic E-state index is -4.40. The summed E-state index contributed by atoms with van der Waals surface area (Å²) in [5.74, 6) is 3.44. The number of hydrogen-bond acceptors (Lipinski definition) is 5. The van der Waals surface area contributed by atoms with Crippen molar-refractivity contribution in [2.45, 2.75) is 97.5 Å². The lowest BCUT2D eigenvalue weighted by Crippen LogP contribution is -2.54. The van der Waals surface area contributed by atoms with E-state index in [1.54, 1.807) is 0 Å². The van der Waals surface area contributed by atoms with Gasteiger partial charge in [0.15, 0.2) is 0 Å². The summed E-state index contributed by atoms with van der Waals surface area (Å²) in [6.45, 7) is 7.17. The summed E-state index contributed by atoms with van der Waals surface area (Å²) >= 11 is 0. The molecule has 0 heterocycles. The van der Waals surface area contributed by atoms with E-state index >= 15 is 0 Å². The lowest BCUT2D eigenvalue weighted by molar-refractivity contribution is -0.127. The van der Waals surface area contributed by atoms with Crippen LogP contribution in [0.4, 0.5) is 0 Å². The van der Waals surface area contributed by atoms with Gasteiger partial charge in [0, 0.05) is 0 Å². The Morgan fingerprint density at radius 1 is 0.909 bits per heavy atom. The third kappa shape index (κ3) is 5.18. The zero-order valence-electron chi connectivity index (χ0n) is 20.3. The van der Waals surface area contributed by atoms with Crippen LogP contribution in [0.15, 0.2) is 0 Å². The summed E-state index contributed by atoms with van der Waals surface area (Å²) in [5, 5.41) is 0. The van der Waals surface area contributed by atoms with E-state index in [1.165, 1.54) is 32.1 Å². The SMILES string of the molecule is C[C@H](CCCS(=O)(=O)O)[C@H]1CC[C@H]2[C@@H]3CC[C@@H]4C[C@H](OS(=O)(=O)O)CC[C@]4(C)[C@H]3CC[C@]12C. The molecule has 0 saturated heterocycles. The van der Waals surface area contributed by atoms with Crippen LogP contribution < -0.4 is 0 Å². The standard InChI is InChI=1S/C24H42O7S2/c1-16(5-4-14-32(25,26)27)20-8-9-21-19-7-6-17-15-18(31-33(28,29)30)10-12-23(17,2)22(19)11-13-24(20,21)3/h16-22H,4-15H2,1-3H3,(H,25,26,27)(H,28,29,30)/t16-,17-,18-,19+,20-,21+,22+,23+,24-/m1/s1. The van der Waals surface area contributed by atoms with Gasteiger partial charge in [-0.1, -0.05) is 20.8 Å². The molecule has 0 amide bonds. The Morgan fingerprint density at radius 2 is 1.58 bits per heavy atom. The van der Waals surface area contributed by atoms with Gasteiger partial charge in [0.25, 0.3) is 10.1 Å². The van der Waals surface area contributed by atoms with Crippen molar-refractivity contribution in [3.8, 4) is 0 Å². The molecule has 4 rings (SSSR count). The molecule has 4 saturated carbocycles. The summed E-state index contributed by atoms with van der Waals surface area (Å²) in [5.41, 5.74) is 0.510. The molecular weight excluding hydrogens is 464 g/mol. The van der Waals surface area contributed by atoms with Crippen molar-refractivity contribution in [2.75, 3.05) is 5.75 Å². The van der Waals surface area contributed by atoms with Crippen molar-refractivity contribution in [1.29, 1.82) is 0 Å². The van der Waals surface area contributed by atoms with Gasteiger partial charge in [0.05, 0.1) is 11.9 Å². The van der Waals surface area contributed by atoms with Crippen LogP contribution in [0.5, 0.6) is 0 Å². The molecule has 0 aromatic heterocycles. The minimum Gasteiger partial charge on any atom is -0.286 e. The molecule has 9 heteroatoms. The summed E-state index contributed by atoms with van der Waals surface area (Å²) in [7, 11) is -8.29. The fourth-order valence-corrected chi connectivity index (χ4v) is 10.3. The molecule has 4 aliphatic rings. The average molecular weight is 507 g/mol. The highest BCUT2D eigenvalue weighted by Gasteiger charge is 2.60. The van der Waals surface area contributed by atoms with E-state index < -0.39 is 26.6 Å². The maximum absolute atomic E-state index is 11.2. The highest BCUT2D eigenvalue weighted by atomic mass is 32.3. The van der Waals surface area contributed by atoms with Gasteiger partial charge < -0.3 is 0 Å². The predicted octanol–water partition coefficient (Wildman–Crippen LogP) is 5.14. The van der Waals surface area contributed by atoms with Gasteiger partial charge in [0.1, 0.15) is 0 Å². The highest BCUT2D eigenvalue weighted by Crippen LogP contribution is 2.68. The molecule has 192 valence electrons. The van der Waals surface area contributed by atoms with Crippen molar-refractivity contribution in [3.63, 3.8) is 0 Å². The Kier molecular flexibility index (Phi) is 7.07. The van der Waals surface area contributed by atoms with Crippen molar-refractivity contribution >= 4 is 20.5 Å². The van der Waals surface area contributed by atoms with Crippen LogP contribution in [-0.4, -0.2) is 37.8 Å². The second-order valence-electron chi connectivity index (χ2n) is 12.2. The molecule has 0 aromatic carbocycles. The summed E-state index contributed by atoms with van der Waals surface area (Å²) in [6, 6.07) is 0. The molecule has 7 nitrogen and oxygen atoms in total. The van der Waals surface area contributed by atoms with Crippen LogP contribution in [0.25, 0.3) is 0 Å². The third-order valence-electron chi connectivity index (χ3n) is 10.7. The van der Waals surface area contributed by atoms with Gasteiger partial charge in [-0.05, 0) is 117 Å². The van der Waals surface area contributed by atoms with Gasteiger partial charge in [0.2, 0.25) is 0 Å². The first-order valence-corrected chi connectivity index (χ1v) is 15.8. The second-order valence-corrected chi connectivity index (χ2v) is 14.8. The normalized spacial score (nSPS) is 44.5. The smallest absolute Gasteiger partial charge is 0.286 e. The zero-order chi connectivity index (χ0) is 24.2. The molecule has 2 N–H and O–H groups in total. The van der Waals surface area contributed by atoms with Crippen LogP contribution in [-0.2, 0) is 24.7 Å². The number of fused-ring (bicyclic) bond motifs is 5. The van der Waals surface area contributed by atoms with E-state index in [-0.39, 0.29) is 11.2 Å². The van der Waals surface area contributed by atoms with Crippen molar-refractivity contribution in [2.24, 2.45) is 46.3 Å². The number of rotatable bonds is 7. The lowest BCUT2D eigenvalue weighted by Gasteiger charge is -2.61. The van der Waals surface area contributed by atoms with Crippen molar-refractivity contribution in [1.82, 2.24) is 0 Å². The average Bonchev–Trinajstić information content (AvgIpc) is 3.03. The molecule has 9 atom stereocenters. The van der Waals surface area contributed by atoms with E-state index in [0.717, 1.165) is 25.7 Å². The monoisotopic (exact) mass is 506 g/mol. The molecule has 0 aromatic rings. The first-order valence-electron chi connectivity index (χ1n) is 12.8. The first-order chi connectivity index (χ1) is 15.2. The summed E-state index contributed by atoms with van der Waals surface area (Å²) < 4.78 is 67.8. The van der Waals surface area contributed by atoms with Crippen molar-refractivity contribution in [3.05, 3.63) is 0 Å². The maximum atomic E-state index is 11.2. The molecule has 33 heavy (non-hydrogen) atoms. The quantitative estimate of drug-likeness (QED) is 0.459. The van der Waals surface area contributed by atoms with E-state index in [4.69, 9.17) is 13.3 Å². The Hall–Kier alpha value is -0.220. The molecule has 4 aliphatic carbocycles. The number of hydrogen-bond donors (Lipinski definition) is 2. The van der Waals surface area contributed by atoms with E-state index in [2.05, 4.69) is 20.8 Å². The second kappa shape index (κ2) is 9.02. The van der Waals surface area contributed by atoms with Crippen LogP contribution in [0.2, 0.25) is 0 Å². The molecule has 4 fully saturated rings. The Bertz CT molecular complexity index is 932. The van der Waals surface area contributed by atoms with E-state index in [0.29, 0.717) is 53.8 Å². The Balaban J connectivity index is 1.43. The van der Waals surface area contributed by atoms with E-state index in [9.17, 15) is 16.8 Å². The molecule has 0 aliphatic heterocycles. The predicted molar refractivity (Wildman–Crippen MR) is 126 cm³/mol. The molecular formula is C24H42O7S2.